The number of nitrogen functional groups attached to an aromatic ring is 1. The van der Waals surface area contributed by atoms with Gasteiger partial charge in [0.1, 0.15) is 23.9 Å². The number of ether oxygens (including phenoxy) is 1. The number of nitrogens with two attached hydrogens (primary N) is 1. The molecule has 6 heteroatoms. The highest BCUT2D eigenvalue weighted by Crippen LogP contribution is 2.21. The predicted octanol–water partition coefficient (Wildman–Crippen LogP) is 4.17. The van der Waals surface area contributed by atoms with Crippen molar-refractivity contribution in [1.82, 2.24) is 9.97 Å². The molecule has 0 saturated heterocycles. The van der Waals surface area contributed by atoms with E-state index in [9.17, 15) is 8.78 Å². The zero-order valence-corrected chi connectivity index (χ0v) is 14.4. The Morgan fingerprint density at radius 2 is 1.85 bits per heavy atom. The maximum Gasteiger partial charge on any atom is 0.281 e. The van der Waals surface area contributed by atoms with Crippen molar-refractivity contribution in [2.75, 3.05) is 5.73 Å². The zero-order valence-electron chi connectivity index (χ0n) is 14.4. The standard InChI is InChI=1S/C21H17F2N3O/c22-21(23)20-16(9-12-19(24)26-20)5-3-4-15-7-10-18(11-8-15)27-14-17-6-1-2-13-25-17/h1-2,6-13,21H,4,14H2,(H2,24,26). The molecule has 2 aromatic heterocycles. The number of aromatic nitrogens is 2. The van der Waals surface area contributed by atoms with Gasteiger partial charge in [-0.1, -0.05) is 30.0 Å². The summed E-state index contributed by atoms with van der Waals surface area (Å²) >= 11 is 0. The fraction of sp³-hybridized carbons (Fsp3) is 0.143. The number of halogens is 2. The van der Waals surface area contributed by atoms with Gasteiger partial charge in [0, 0.05) is 12.6 Å². The summed E-state index contributed by atoms with van der Waals surface area (Å²) in [6.45, 7) is 0.389. The van der Waals surface area contributed by atoms with Gasteiger partial charge in [-0.15, -0.1) is 0 Å². The summed E-state index contributed by atoms with van der Waals surface area (Å²) in [5, 5.41) is 0. The second-order valence-corrected chi connectivity index (χ2v) is 5.70. The van der Waals surface area contributed by atoms with E-state index in [1.54, 1.807) is 6.20 Å². The number of alkyl halides is 2. The van der Waals surface area contributed by atoms with Crippen LogP contribution in [0.4, 0.5) is 14.6 Å². The van der Waals surface area contributed by atoms with Crippen molar-refractivity contribution in [3.05, 3.63) is 83.3 Å². The Morgan fingerprint density at radius 3 is 2.56 bits per heavy atom. The Labute approximate surface area is 156 Å². The van der Waals surface area contributed by atoms with Crippen LogP contribution in [0.3, 0.4) is 0 Å². The molecular weight excluding hydrogens is 348 g/mol. The molecule has 0 aliphatic carbocycles. The quantitative estimate of drug-likeness (QED) is 0.690. The SMILES string of the molecule is Nc1ccc(C#CCc2ccc(OCc3ccccn3)cc2)c(C(F)F)n1. The molecule has 0 amide bonds. The molecule has 3 aromatic rings. The first-order chi connectivity index (χ1) is 13.1. The van der Waals surface area contributed by atoms with E-state index in [2.05, 4.69) is 21.8 Å². The van der Waals surface area contributed by atoms with Crippen molar-refractivity contribution in [3.8, 4) is 17.6 Å². The van der Waals surface area contributed by atoms with Gasteiger partial charge in [-0.2, -0.15) is 0 Å². The minimum Gasteiger partial charge on any atom is -0.487 e. The fourth-order valence-corrected chi connectivity index (χ4v) is 2.35. The van der Waals surface area contributed by atoms with Gasteiger partial charge in [-0.3, -0.25) is 4.98 Å². The summed E-state index contributed by atoms with van der Waals surface area (Å²) in [6.07, 6.45) is -0.572. The second-order valence-electron chi connectivity index (χ2n) is 5.70. The highest BCUT2D eigenvalue weighted by atomic mass is 19.3. The smallest absolute Gasteiger partial charge is 0.281 e. The minimum atomic E-state index is -2.71. The molecule has 0 unspecified atom stereocenters. The first kappa shape index (κ1) is 18.3. The predicted molar refractivity (Wildman–Crippen MR) is 99.2 cm³/mol. The van der Waals surface area contributed by atoms with Crippen molar-refractivity contribution in [1.29, 1.82) is 0 Å². The lowest BCUT2D eigenvalue weighted by atomic mass is 10.1. The molecule has 0 aliphatic heterocycles. The lowest BCUT2D eigenvalue weighted by Crippen LogP contribution is -1.99. The normalized spacial score (nSPS) is 10.3. The van der Waals surface area contributed by atoms with Crippen LogP contribution < -0.4 is 10.5 Å². The van der Waals surface area contributed by atoms with E-state index in [0.717, 1.165) is 17.0 Å². The molecule has 0 spiro atoms. The Kier molecular flexibility index (Phi) is 5.95. The molecule has 4 nitrogen and oxygen atoms in total. The summed E-state index contributed by atoms with van der Waals surface area (Å²) in [7, 11) is 0. The fourth-order valence-electron chi connectivity index (χ4n) is 2.35. The number of hydrogen-bond donors (Lipinski definition) is 1. The third-order valence-corrected chi connectivity index (χ3v) is 3.70. The number of hydrogen-bond acceptors (Lipinski definition) is 4. The molecule has 2 heterocycles. The number of nitrogens with zero attached hydrogens (tertiary/aromatic N) is 2. The van der Waals surface area contributed by atoms with Gasteiger partial charge in [-0.05, 0) is 42.0 Å². The van der Waals surface area contributed by atoms with Crippen LogP contribution in [0.1, 0.15) is 28.9 Å². The number of anilines is 1. The van der Waals surface area contributed by atoms with Gasteiger partial charge in [0.05, 0.1) is 11.3 Å². The highest BCUT2D eigenvalue weighted by Gasteiger charge is 2.13. The van der Waals surface area contributed by atoms with Crippen molar-refractivity contribution >= 4 is 5.82 Å². The maximum atomic E-state index is 13.0. The van der Waals surface area contributed by atoms with E-state index in [1.807, 2.05) is 42.5 Å². The minimum absolute atomic E-state index is 0.0529. The number of benzene rings is 1. The average molecular weight is 365 g/mol. The first-order valence-corrected chi connectivity index (χ1v) is 8.27. The lowest BCUT2D eigenvalue weighted by Gasteiger charge is -2.06. The van der Waals surface area contributed by atoms with Crippen molar-refractivity contribution in [2.24, 2.45) is 0 Å². The number of rotatable bonds is 5. The molecule has 0 bridgehead atoms. The van der Waals surface area contributed by atoms with Crippen LogP contribution in [-0.2, 0) is 13.0 Å². The molecule has 0 aliphatic rings. The van der Waals surface area contributed by atoms with Crippen LogP contribution >= 0.6 is 0 Å². The summed E-state index contributed by atoms with van der Waals surface area (Å²) < 4.78 is 31.7. The van der Waals surface area contributed by atoms with Crippen molar-refractivity contribution in [3.63, 3.8) is 0 Å². The summed E-state index contributed by atoms with van der Waals surface area (Å²) in [5.41, 5.74) is 7.05. The second kappa shape index (κ2) is 8.77. The van der Waals surface area contributed by atoms with Crippen LogP contribution in [0.15, 0.2) is 60.8 Å². The lowest BCUT2D eigenvalue weighted by molar-refractivity contribution is 0.146. The van der Waals surface area contributed by atoms with Crippen LogP contribution in [0.5, 0.6) is 5.75 Å². The third-order valence-electron chi connectivity index (χ3n) is 3.70. The summed E-state index contributed by atoms with van der Waals surface area (Å²) in [5.74, 6) is 6.41. The summed E-state index contributed by atoms with van der Waals surface area (Å²) in [6, 6.07) is 16.0. The van der Waals surface area contributed by atoms with E-state index in [-0.39, 0.29) is 17.1 Å². The third kappa shape index (κ3) is 5.25. The topological polar surface area (TPSA) is 61.0 Å². The maximum absolute atomic E-state index is 13.0. The van der Waals surface area contributed by atoms with Crippen molar-refractivity contribution in [2.45, 2.75) is 19.5 Å². The van der Waals surface area contributed by atoms with Gasteiger partial charge in [-0.25, -0.2) is 13.8 Å². The van der Waals surface area contributed by atoms with Crippen LogP contribution in [0.25, 0.3) is 0 Å². The molecule has 3 rings (SSSR count). The van der Waals surface area contributed by atoms with E-state index < -0.39 is 6.43 Å². The molecule has 0 atom stereocenters. The zero-order chi connectivity index (χ0) is 19.1. The van der Waals surface area contributed by atoms with E-state index in [4.69, 9.17) is 10.5 Å². The largest absolute Gasteiger partial charge is 0.487 e. The van der Waals surface area contributed by atoms with Crippen molar-refractivity contribution < 1.29 is 13.5 Å². The molecule has 27 heavy (non-hydrogen) atoms. The average Bonchev–Trinajstić information content (AvgIpc) is 2.69. The molecule has 1 aromatic carbocycles. The number of pyridine rings is 2. The van der Waals surface area contributed by atoms with Crippen LogP contribution in [-0.4, -0.2) is 9.97 Å². The highest BCUT2D eigenvalue weighted by molar-refractivity contribution is 5.44. The van der Waals surface area contributed by atoms with Gasteiger partial charge in [0.25, 0.3) is 6.43 Å². The molecule has 0 fully saturated rings. The van der Waals surface area contributed by atoms with E-state index in [0.29, 0.717) is 13.0 Å². The van der Waals surface area contributed by atoms with E-state index in [1.165, 1.54) is 12.1 Å². The first-order valence-electron chi connectivity index (χ1n) is 8.27. The van der Waals surface area contributed by atoms with Crippen LogP contribution in [0.2, 0.25) is 0 Å². The molecule has 0 radical (unpaired) electrons. The van der Waals surface area contributed by atoms with Gasteiger partial charge in [0.2, 0.25) is 0 Å². The molecule has 0 saturated carbocycles. The Morgan fingerprint density at radius 1 is 1.04 bits per heavy atom. The van der Waals surface area contributed by atoms with Gasteiger partial charge >= 0.3 is 0 Å². The Balaban J connectivity index is 1.61. The Bertz CT molecular complexity index is 949. The summed E-state index contributed by atoms with van der Waals surface area (Å²) in [4.78, 5) is 7.85. The molecule has 2 N–H and O–H groups in total. The molecular formula is C21H17F2N3O. The van der Waals surface area contributed by atoms with Gasteiger partial charge < -0.3 is 10.5 Å². The van der Waals surface area contributed by atoms with E-state index >= 15 is 0 Å². The Hall–Kier alpha value is -3.46. The molecule has 136 valence electrons. The van der Waals surface area contributed by atoms with Crippen LogP contribution in [0, 0.1) is 11.8 Å². The monoisotopic (exact) mass is 365 g/mol. The van der Waals surface area contributed by atoms with Gasteiger partial charge in [0.15, 0.2) is 0 Å².